The standard InChI is InChI=1S/C15H22N2O4/c1-4-21-15(18)10-5-6-12(11(16)7-10)17-8-13(19-2)14(9-17)20-3/h5-7,13-14H,4,8-9,16H2,1-3H3. The van der Waals surface area contributed by atoms with Gasteiger partial charge in [0.05, 0.1) is 23.5 Å². The van der Waals surface area contributed by atoms with Crippen LogP contribution >= 0.6 is 0 Å². The van der Waals surface area contributed by atoms with Crippen molar-refractivity contribution in [2.75, 3.05) is 44.5 Å². The highest BCUT2D eigenvalue weighted by Gasteiger charge is 2.33. The number of carbonyl (C=O) groups is 1. The molecule has 1 aliphatic heterocycles. The minimum absolute atomic E-state index is 0.0131. The lowest BCUT2D eigenvalue weighted by molar-refractivity contribution is -0.00461. The molecule has 0 saturated carbocycles. The molecule has 2 atom stereocenters. The van der Waals surface area contributed by atoms with E-state index in [0.717, 1.165) is 5.69 Å². The van der Waals surface area contributed by atoms with Gasteiger partial charge in [0.2, 0.25) is 0 Å². The zero-order valence-corrected chi connectivity index (χ0v) is 12.7. The van der Waals surface area contributed by atoms with Crippen LogP contribution in [0.2, 0.25) is 0 Å². The van der Waals surface area contributed by atoms with Crippen LogP contribution < -0.4 is 10.6 Å². The number of rotatable bonds is 5. The van der Waals surface area contributed by atoms with Crippen LogP contribution in [0.25, 0.3) is 0 Å². The summed E-state index contributed by atoms with van der Waals surface area (Å²) in [4.78, 5) is 13.8. The number of esters is 1. The van der Waals surface area contributed by atoms with Gasteiger partial charge in [-0.1, -0.05) is 0 Å². The third kappa shape index (κ3) is 3.28. The van der Waals surface area contributed by atoms with Crippen molar-refractivity contribution >= 4 is 17.3 Å². The molecular formula is C15H22N2O4. The van der Waals surface area contributed by atoms with Crippen molar-refractivity contribution in [2.24, 2.45) is 0 Å². The van der Waals surface area contributed by atoms with Crippen molar-refractivity contribution < 1.29 is 19.0 Å². The Hall–Kier alpha value is -1.79. The topological polar surface area (TPSA) is 74.0 Å². The average Bonchev–Trinajstić information content (AvgIpc) is 2.90. The minimum atomic E-state index is -0.360. The molecule has 2 unspecified atom stereocenters. The summed E-state index contributed by atoms with van der Waals surface area (Å²) in [5.41, 5.74) is 7.97. The number of nitrogens with two attached hydrogens (primary N) is 1. The number of nitrogens with zero attached hydrogens (tertiary/aromatic N) is 1. The summed E-state index contributed by atoms with van der Waals surface area (Å²) in [6.07, 6.45) is 0.0262. The maximum absolute atomic E-state index is 11.7. The molecule has 1 heterocycles. The van der Waals surface area contributed by atoms with E-state index in [9.17, 15) is 4.79 Å². The van der Waals surface area contributed by atoms with Gasteiger partial charge in [0.25, 0.3) is 0 Å². The molecular weight excluding hydrogens is 272 g/mol. The first-order valence-corrected chi connectivity index (χ1v) is 6.97. The predicted octanol–water partition coefficient (Wildman–Crippen LogP) is 1.30. The molecule has 6 nitrogen and oxygen atoms in total. The molecule has 0 spiro atoms. The molecule has 2 rings (SSSR count). The normalized spacial score (nSPS) is 21.6. The van der Waals surface area contributed by atoms with E-state index in [0.29, 0.717) is 30.9 Å². The van der Waals surface area contributed by atoms with Gasteiger partial charge in [-0.25, -0.2) is 4.79 Å². The zero-order chi connectivity index (χ0) is 15.4. The van der Waals surface area contributed by atoms with Crippen LogP contribution in [0.3, 0.4) is 0 Å². The van der Waals surface area contributed by atoms with Crippen molar-refractivity contribution in [3.8, 4) is 0 Å². The predicted molar refractivity (Wildman–Crippen MR) is 80.6 cm³/mol. The summed E-state index contributed by atoms with van der Waals surface area (Å²) in [7, 11) is 3.35. The molecule has 1 saturated heterocycles. The summed E-state index contributed by atoms with van der Waals surface area (Å²) in [6, 6.07) is 5.22. The SMILES string of the molecule is CCOC(=O)c1ccc(N2CC(OC)C(OC)C2)c(N)c1. The van der Waals surface area contributed by atoms with E-state index in [1.807, 2.05) is 6.07 Å². The van der Waals surface area contributed by atoms with Crippen molar-refractivity contribution in [1.29, 1.82) is 0 Å². The molecule has 0 aliphatic carbocycles. The Morgan fingerprint density at radius 3 is 2.38 bits per heavy atom. The summed E-state index contributed by atoms with van der Waals surface area (Å²) in [6.45, 7) is 3.53. The highest BCUT2D eigenvalue weighted by Crippen LogP contribution is 2.29. The lowest BCUT2D eigenvalue weighted by atomic mass is 10.1. The van der Waals surface area contributed by atoms with Gasteiger partial charge in [0.15, 0.2) is 0 Å². The lowest BCUT2D eigenvalue weighted by Gasteiger charge is -2.20. The molecule has 116 valence electrons. The van der Waals surface area contributed by atoms with Gasteiger partial charge in [-0.05, 0) is 25.1 Å². The number of hydrogen-bond donors (Lipinski definition) is 1. The van der Waals surface area contributed by atoms with E-state index < -0.39 is 0 Å². The molecule has 0 bridgehead atoms. The van der Waals surface area contributed by atoms with Crippen LogP contribution in [0.1, 0.15) is 17.3 Å². The Morgan fingerprint density at radius 1 is 1.29 bits per heavy atom. The first-order chi connectivity index (χ1) is 10.1. The Labute approximate surface area is 124 Å². The van der Waals surface area contributed by atoms with E-state index in [-0.39, 0.29) is 18.2 Å². The van der Waals surface area contributed by atoms with Crippen LogP contribution in [-0.4, -0.2) is 52.1 Å². The van der Waals surface area contributed by atoms with Crippen LogP contribution in [0.5, 0.6) is 0 Å². The summed E-state index contributed by atoms with van der Waals surface area (Å²) in [5, 5.41) is 0. The number of anilines is 2. The molecule has 0 aromatic heterocycles. The van der Waals surface area contributed by atoms with Gasteiger partial charge in [-0.2, -0.15) is 0 Å². The van der Waals surface area contributed by atoms with Crippen molar-refractivity contribution in [1.82, 2.24) is 0 Å². The number of carbonyl (C=O) groups excluding carboxylic acids is 1. The minimum Gasteiger partial charge on any atom is -0.462 e. The quantitative estimate of drug-likeness (QED) is 0.651. The van der Waals surface area contributed by atoms with E-state index in [2.05, 4.69) is 4.90 Å². The van der Waals surface area contributed by atoms with E-state index in [1.165, 1.54) is 0 Å². The fourth-order valence-electron chi connectivity index (χ4n) is 2.58. The second kappa shape index (κ2) is 6.78. The van der Waals surface area contributed by atoms with Crippen LogP contribution in [0, 0.1) is 0 Å². The van der Waals surface area contributed by atoms with Gasteiger partial charge >= 0.3 is 5.97 Å². The van der Waals surface area contributed by atoms with Crippen LogP contribution in [0.15, 0.2) is 18.2 Å². The molecule has 0 amide bonds. The molecule has 1 fully saturated rings. The van der Waals surface area contributed by atoms with E-state index in [1.54, 1.807) is 33.3 Å². The molecule has 1 aliphatic rings. The van der Waals surface area contributed by atoms with Gasteiger partial charge in [-0.3, -0.25) is 0 Å². The van der Waals surface area contributed by atoms with Gasteiger partial charge in [0, 0.05) is 27.3 Å². The Kier molecular flexibility index (Phi) is 5.03. The van der Waals surface area contributed by atoms with Crippen molar-refractivity contribution in [3.63, 3.8) is 0 Å². The highest BCUT2D eigenvalue weighted by molar-refractivity contribution is 5.92. The maximum Gasteiger partial charge on any atom is 0.338 e. The molecule has 1 aromatic rings. The number of benzene rings is 1. The Bertz CT molecular complexity index is 494. The Morgan fingerprint density at radius 2 is 1.90 bits per heavy atom. The third-order valence-corrected chi connectivity index (χ3v) is 3.70. The van der Waals surface area contributed by atoms with Crippen LogP contribution in [-0.2, 0) is 14.2 Å². The zero-order valence-electron chi connectivity index (χ0n) is 12.7. The van der Waals surface area contributed by atoms with Gasteiger partial charge in [-0.15, -0.1) is 0 Å². The summed E-state index contributed by atoms with van der Waals surface area (Å²) >= 11 is 0. The van der Waals surface area contributed by atoms with Crippen LogP contribution in [0.4, 0.5) is 11.4 Å². The van der Waals surface area contributed by atoms with Crippen molar-refractivity contribution in [2.45, 2.75) is 19.1 Å². The van der Waals surface area contributed by atoms with Gasteiger partial charge < -0.3 is 24.8 Å². The Balaban J connectivity index is 2.16. The molecule has 0 radical (unpaired) electrons. The van der Waals surface area contributed by atoms with Crippen molar-refractivity contribution in [3.05, 3.63) is 23.8 Å². The molecule has 21 heavy (non-hydrogen) atoms. The monoisotopic (exact) mass is 294 g/mol. The maximum atomic E-state index is 11.7. The number of nitrogen functional groups attached to an aromatic ring is 1. The highest BCUT2D eigenvalue weighted by atomic mass is 16.5. The fourth-order valence-corrected chi connectivity index (χ4v) is 2.58. The fraction of sp³-hybridized carbons (Fsp3) is 0.533. The summed E-state index contributed by atoms with van der Waals surface area (Å²) in [5.74, 6) is -0.360. The number of methoxy groups -OCH3 is 2. The number of ether oxygens (including phenoxy) is 3. The molecule has 2 N–H and O–H groups in total. The van der Waals surface area contributed by atoms with Gasteiger partial charge in [0.1, 0.15) is 12.2 Å². The lowest BCUT2D eigenvalue weighted by Crippen LogP contribution is -2.27. The first kappa shape index (κ1) is 15.6. The average molecular weight is 294 g/mol. The second-order valence-corrected chi connectivity index (χ2v) is 4.95. The second-order valence-electron chi connectivity index (χ2n) is 4.95. The first-order valence-electron chi connectivity index (χ1n) is 6.97. The molecule has 1 aromatic carbocycles. The molecule has 6 heteroatoms. The number of hydrogen-bond acceptors (Lipinski definition) is 6. The van der Waals surface area contributed by atoms with E-state index in [4.69, 9.17) is 19.9 Å². The summed E-state index contributed by atoms with van der Waals surface area (Å²) < 4.78 is 15.8. The smallest absolute Gasteiger partial charge is 0.338 e. The largest absolute Gasteiger partial charge is 0.462 e. The third-order valence-electron chi connectivity index (χ3n) is 3.70. The van der Waals surface area contributed by atoms with E-state index >= 15 is 0 Å².